The summed E-state index contributed by atoms with van der Waals surface area (Å²) in [5.74, 6) is 1.76. The first kappa shape index (κ1) is 32.7. The summed E-state index contributed by atoms with van der Waals surface area (Å²) in [5.41, 5.74) is 6.15. The molecule has 1 heterocycles. The molecule has 5 nitrogen and oxygen atoms in total. The van der Waals surface area contributed by atoms with Gasteiger partial charge in [-0.25, -0.2) is 0 Å². The molecule has 3 N–H and O–H groups in total. The maximum atomic E-state index is 11.4. The summed E-state index contributed by atoms with van der Waals surface area (Å²) in [6.45, 7) is 4.35. The smallest absolute Gasteiger partial charge is 0.128 e. The Morgan fingerprint density at radius 2 is 1.43 bits per heavy atom. The Bertz CT molecular complexity index is 2350. The van der Waals surface area contributed by atoms with Crippen LogP contribution in [0.3, 0.4) is 0 Å². The minimum absolute atomic E-state index is 0.0861. The summed E-state index contributed by atoms with van der Waals surface area (Å²) >= 11 is 0. The number of phenolic OH excluding ortho intramolecular Hbond substituents is 1. The number of hydrogen-bond acceptors (Lipinski definition) is 5. The van der Waals surface area contributed by atoms with E-state index >= 15 is 0 Å². The maximum Gasteiger partial charge on any atom is 0.128 e. The minimum Gasteiger partial charge on any atom is -0.507 e. The normalized spacial score (nSPS) is 16.6. The van der Waals surface area contributed by atoms with Crippen molar-refractivity contribution < 1.29 is 14.6 Å². The summed E-state index contributed by atoms with van der Waals surface area (Å²) < 4.78 is 12.1. The second-order valence-corrected chi connectivity index (χ2v) is 13.6. The van der Waals surface area contributed by atoms with E-state index in [0.717, 1.165) is 64.9 Å². The minimum atomic E-state index is -0.234. The second kappa shape index (κ2) is 14.0. The van der Waals surface area contributed by atoms with Gasteiger partial charge in [-0.05, 0) is 86.1 Å². The standard InChI is InChI=1S/C46H44N2O3/c1-4-6-14-32(5-2)51-33-21-26-39(42(49)27-33)41-28-40(29-12-8-7-9-13-29)47-46(48-41)38-25-20-31-18-23-36-34(35-15-10-11-16-43(35)50-3)22-17-30-19-24-37(38)45(31)44(30)36/h7-13,15-28,32,40,46-49H,4-6,14H2,1-3H3. The molecule has 0 saturated heterocycles. The molecule has 256 valence electrons. The Labute approximate surface area is 299 Å². The highest BCUT2D eigenvalue weighted by Gasteiger charge is 2.27. The fourth-order valence-corrected chi connectivity index (χ4v) is 7.79. The predicted octanol–water partition coefficient (Wildman–Crippen LogP) is 11.3. The number of benzene rings is 7. The molecule has 0 saturated carbocycles. The molecule has 3 atom stereocenters. The Morgan fingerprint density at radius 1 is 0.725 bits per heavy atom. The molecule has 7 aromatic rings. The zero-order valence-electron chi connectivity index (χ0n) is 29.4. The van der Waals surface area contributed by atoms with Gasteiger partial charge in [-0.15, -0.1) is 0 Å². The second-order valence-electron chi connectivity index (χ2n) is 13.6. The Morgan fingerprint density at radius 3 is 2.20 bits per heavy atom. The van der Waals surface area contributed by atoms with Crippen LogP contribution in [0.25, 0.3) is 49.1 Å². The molecule has 1 aliphatic heterocycles. The molecule has 0 aromatic heterocycles. The fraction of sp³-hybridized carbons (Fsp3) is 0.217. The Balaban J connectivity index is 1.22. The molecule has 8 rings (SSSR count). The molecule has 0 radical (unpaired) electrons. The quantitative estimate of drug-likeness (QED) is 0.119. The molecule has 5 heteroatoms. The van der Waals surface area contributed by atoms with E-state index in [4.69, 9.17) is 9.47 Å². The highest BCUT2D eigenvalue weighted by Crippen LogP contribution is 2.44. The first-order valence-corrected chi connectivity index (χ1v) is 18.2. The van der Waals surface area contributed by atoms with Crippen LogP contribution in [0.1, 0.15) is 68.4 Å². The number of ether oxygens (including phenoxy) is 2. The lowest BCUT2D eigenvalue weighted by Gasteiger charge is -2.34. The number of phenols is 1. The van der Waals surface area contributed by atoms with Crippen LogP contribution in [0.2, 0.25) is 0 Å². The van der Waals surface area contributed by atoms with Crippen molar-refractivity contribution in [2.45, 2.75) is 57.8 Å². The monoisotopic (exact) mass is 672 g/mol. The summed E-state index contributed by atoms with van der Waals surface area (Å²) in [6.07, 6.45) is 6.28. The molecule has 3 unspecified atom stereocenters. The van der Waals surface area contributed by atoms with Gasteiger partial charge >= 0.3 is 0 Å². The molecule has 0 aliphatic carbocycles. The van der Waals surface area contributed by atoms with Crippen molar-refractivity contribution in [2.24, 2.45) is 0 Å². The van der Waals surface area contributed by atoms with Crippen molar-refractivity contribution in [3.8, 4) is 28.4 Å². The number of rotatable bonds is 11. The topological polar surface area (TPSA) is 62.8 Å². The van der Waals surface area contributed by atoms with E-state index in [9.17, 15) is 5.11 Å². The van der Waals surface area contributed by atoms with Gasteiger partial charge in [-0.3, -0.25) is 5.32 Å². The third kappa shape index (κ3) is 6.12. The maximum absolute atomic E-state index is 11.4. The number of nitrogens with one attached hydrogen (secondary N) is 2. The first-order valence-electron chi connectivity index (χ1n) is 18.2. The van der Waals surface area contributed by atoms with Crippen molar-refractivity contribution in [1.82, 2.24) is 10.6 Å². The molecule has 7 aromatic carbocycles. The van der Waals surface area contributed by atoms with Gasteiger partial charge in [0.05, 0.1) is 19.3 Å². The van der Waals surface area contributed by atoms with Crippen molar-refractivity contribution in [3.05, 3.63) is 144 Å². The van der Waals surface area contributed by atoms with E-state index in [1.807, 2.05) is 30.3 Å². The van der Waals surface area contributed by atoms with Crippen LogP contribution >= 0.6 is 0 Å². The van der Waals surface area contributed by atoms with Gasteiger partial charge in [0.15, 0.2) is 0 Å². The fourth-order valence-electron chi connectivity index (χ4n) is 7.79. The predicted molar refractivity (Wildman–Crippen MR) is 211 cm³/mol. The van der Waals surface area contributed by atoms with Gasteiger partial charge in [0.2, 0.25) is 0 Å². The van der Waals surface area contributed by atoms with Crippen molar-refractivity contribution >= 4 is 38.0 Å². The first-order chi connectivity index (χ1) is 25.1. The van der Waals surface area contributed by atoms with E-state index in [-0.39, 0.29) is 24.1 Å². The highest BCUT2D eigenvalue weighted by molar-refractivity contribution is 6.26. The molecule has 0 amide bonds. The number of para-hydroxylation sites is 1. The van der Waals surface area contributed by atoms with Crippen LogP contribution in [0.15, 0.2) is 127 Å². The number of aromatic hydroxyl groups is 1. The van der Waals surface area contributed by atoms with E-state index in [1.165, 1.54) is 32.3 Å². The van der Waals surface area contributed by atoms with Crippen LogP contribution in [-0.4, -0.2) is 18.3 Å². The lowest BCUT2D eigenvalue weighted by Crippen LogP contribution is -2.39. The highest BCUT2D eigenvalue weighted by atomic mass is 16.5. The average molecular weight is 673 g/mol. The molecule has 1 aliphatic rings. The van der Waals surface area contributed by atoms with Crippen LogP contribution in [-0.2, 0) is 0 Å². The third-order valence-corrected chi connectivity index (χ3v) is 10.4. The van der Waals surface area contributed by atoms with Crippen molar-refractivity contribution in [1.29, 1.82) is 0 Å². The summed E-state index contributed by atoms with van der Waals surface area (Å²) in [7, 11) is 1.73. The number of hydrogen-bond donors (Lipinski definition) is 3. The molecule has 0 fully saturated rings. The van der Waals surface area contributed by atoms with Crippen molar-refractivity contribution in [2.75, 3.05) is 7.11 Å². The summed E-state index contributed by atoms with van der Waals surface area (Å²) in [5, 5.41) is 26.4. The third-order valence-electron chi connectivity index (χ3n) is 10.4. The summed E-state index contributed by atoms with van der Waals surface area (Å²) in [4.78, 5) is 0. The van der Waals surface area contributed by atoms with Crippen LogP contribution in [0, 0.1) is 0 Å². The molecule has 0 spiro atoms. The van der Waals surface area contributed by atoms with Gasteiger partial charge in [-0.1, -0.05) is 124 Å². The van der Waals surface area contributed by atoms with E-state index < -0.39 is 0 Å². The van der Waals surface area contributed by atoms with Gasteiger partial charge in [-0.2, -0.15) is 0 Å². The van der Waals surface area contributed by atoms with E-state index in [0.29, 0.717) is 5.75 Å². The lowest BCUT2D eigenvalue weighted by atomic mass is 9.87. The lowest BCUT2D eigenvalue weighted by molar-refractivity contribution is 0.183. The largest absolute Gasteiger partial charge is 0.507 e. The van der Waals surface area contributed by atoms with Gasteiger partial charge < -0.3 is 19.9 Å². The van der Waals surface area contributed by atoms with E-state index in [1.54, 1.807) is 13.2 Å². The molecular formula is C46H44N2O3. The number of unbranched alkanes of at least 4 members (excludes halogenated alkanes) is 1. The molecule has 51 heavy (non-hydrogen) atoms. The van der Waals surface area contributed by atoms with Crippen molar-refractivity contribution in [3.63, 3.8) is 0 Å². The van der Waals surface area contributed by atoms with Crippen LogP contribution in [0.4, 0.5) is 0 Å². The SMILES string of the molecule is CCCCC(CC)Oc1ccc(C2=CC(c3ccccc3)NC(c3ccc4ccc5c(-c6ccccc6OC)ccc6ccc3c4c65)N2)c(O)c1. The zero-order valence-corrected chi connectivity index (χ0v) is 29.4. The van der Waals surface area contributed by atoms with E-state index in [2.05, 4.69) is 115 Å². The zero-order chi connectivity index (χ0) is 34.9. The van der Waals surface area contributed by atoms with Crippen LogP contribution in [0.5, 0.6) is 17.2 Å². The molecule has 0 bridgehead atoms. The van der Waals surface area contributed by atoms with Gasteiger partial charge in [0, 0.05) is 22.9 Å². The van der Waals surface area contributed by atoms with Gasteiger partial charge in [0.1, 0.15) is 23.4 Å². The number of methoxy groups -OCH3 is 1. The Hall–Kier alpha value is -5.52. The Kier molecular flexibility index (Phi) is 8.97. The van der Waals surface area contributed by atoms with Gasteiger partial charge in [0.25, 0.3) is 0 Å². The van der Waals surface area contributed by atoms with Crippen LogP contribution < -0.4 is 20.1 Å². The molecular weight excluding hydrogens is 629 g/mol. The summed E-state index contributed by atoms with van der Waals surface area (Å²) in [6, 6.07) is 42.2. The average Bonchev–Trinajstić information content (AvgIpc) is 3.18.